The highest BCUT2D eigenvalue weighted by molar-refractivity contribution is 5.96. The molecule has 2 N–H and O–H groups in total. The van der Waals surface area contributed by atoms with Crippen LogP contribution in [0.5, 0.6) is 5.75 Å². The van der Waals surface area contributed by atoms with Gasteiger partial charge in [-0.25, -0.2) is 4.52 Å². The zero-order valence-corrected chi connectivity index (χ0v) is 27.0. The molecule has 1 atom stereocenters. The Bertz CT molecular complexity index is 1760. The molecule has 0 spiro atoms. The Labute approximate surface area is 264 Å². The SMILES string of the molecule is COc1cc(C(=O)N2CCC[C@@H](N)C2)cn2nc(-c3cc4ccc(N5CCC(N(C)C(C)=O)CC5)cc4n3CC3CC3)c(C)c12. The van der Waals surface area contributed by atoms with Crippen molar-refractivity contribution < 1.29 is 14.3 Å². The van der Waals surface area contributed by atoms with Gasteiger partial charge in [0.05, 0.1) is 23.9 Å². The van der Waals surface area contributed by atoms with Crippen molar-refractivity contribution in [2.45, 2.75) is 71.0 Å². The molecule has 10 nitrogen and oxygen atoms in total. The van der Waals surface area contributed by atoms with Crippen LogP contribution in [0, 0.1) is 12.8 Å². The van der Waals surface area contributed by atoms with Gasteiger partial charge >= 0.3 is 0 Å². The number of likely N-dealkylation sites (tertiary alicyclic amines) is 1. The molecular weight excluding hydrogens is 566 g/mol. The number of nitrogens with zero attached hydrogens (tertiary/aromatic N) is 6. The Morgan fingerprint density at radius 3 is 2.53 bits per heavy atom. The first kappa shape index (κ1) is 29.6. The van der Waals surface area contributed by atoms with Gasteiger partial charge < -0.3 is 29.7 Å². The lowest BCUT2D eigenvalue weighted by Gasteiger charge is -2.37. The van der Waals surface area contributed by atoms with Gasteiger partial charge in [0.2, 0.25) is 5.91 Å². The number of fused-ring (bicyclic) bond motifs is 2. The number of methoxy groups -OCH3 is 1. The Kier molecular flexibility index (Phi) is 7.71. The fraction of sp³-hybridized carbons (Fsp3) is 0.514. The van der Waals surface area contributed by atoms with Crippen molar-refractivity contribution in [2.75, 3.05) is 45.2 Å². The molecule has 0 radical (unpaired) electrons. The molecular formula is C35H45N7O3. The van der Waals surface area contributed by atoms with Gasteiger partial charge in [-0.05, 0) is 75.6 Å². The minimum absolute atomic E-state index is 0.0149. The smallest absolute Gasteiger partial charge is 0.255 e. The molecule has 3 aromatic heterocycles. The van der Waals surface area contributed by atoms with Gasteiger partial charge in [0, 0.05) is 81.6 Å². The van der Waals surface area contributed by atoms with Crippen LogP contribution in [-0.2, 0) is 11.3 Å². The highest BCUT2D eigenvalue weighted by Crippen LogP contribution is 2.39. The molecule has 0 unspecified atom stereocenters. The van der Waals surface area contributed by atoms with Crippen molar-refractivity contribution in [3.05, 3.63) is 47.7 Å². The number of anilines is 1. The normalized spacial score (nSPS) is 19.4. The topological polar surface area (TPSA) is 101 Å². The average Bonchev–Trinajstić information content (AvgIpc) is 3.72. The van der Waals surface area contributed by atoms with Gasteiger partial charge in [0.15, 0.2) is 0 Å². The number of carbonyl (C=O) groups excluding carboxylic acids is 2. The van der Waals surface area contributed by atoms with Crippen molar-refractivity contribution in [1.29, 1.82) is 0 Å². The van der Waals surface area contributed by atoms with E-state index in [0.717, 1.165) is 67.8 Å². The van der Waals surface area contributed by atoms with Crippen molar-refractivity contribution in [1.82, 2.24) is 24.0 Å². The van der Waals surface area contributed by atoms with E-state index in [9.17, 15) is 9.59 Å². The second kappa shape index (κ2) is 11.7. The number of hydrogen-bond donors (Lipinski definition) is 1. The van der Waals surface area contributed by atoms with Gasteiger partial charge in [-0.15, -0.1) is 0 Å². The first-order valence-electron chi connectivity index (χ1n) is 16.5. The minimum atomic E-state index is -0.0348. The molecule has 0 bridgehead atoms. The summed E-state index contributed by atoms with van der Waals surface area (Å²) in [7, 11) is 3.57. The third kappa shape index (κ3) is 5.54. The Balaban J connectivity index is 1.25. The van der Waals surface area contributed by atoms with Gasteiger partial charge in [0.25, 0.3) is 5.91 Å². The third-order valence-electron chi connectivity index (χ3n) is 10.3. The van der Waals surface area contributed by atoms with Crippen LogP contribution in [0.25, 0.3) is 27.8 Å². The van der Waals surface area contributed by atoms with Crippen LogP contribution in [0.15, 0.2) is 36.5 Å². The molecule has 10 heteroatoms. The summed E-state index contributed by atoms with van der Waals surface area (Å²) in [4.78, 5) is 31.6. The van der Waals surface area contributed by atoms with Crippen LogP contribution in [0.2, 0.25) is 0 Å². The first-order chi connectivity index (χ1) is 21.7. The summed E-state index contributed by atoms with van der Waals surface area (Å²) in [6, 6.07) is 11.2. The Morgan fingerprint density at radius 1 is 1.07 bits per heavy atom. The van der Waals surface area contributed by atoms with E-state index >= 15 is 0 Å². The van der Waals surface area contributed by atoms with E-state index in [-0.39, 0.29) is 17.9 Å². The summed E-state index contributed by atoms with van der Waals surface area (Å²) >= 11 is 0. The Hall–Kier alpha value is -4.05. The summed E-state index contributed by atoms with van der Waals surface area (Å²) in [5.41, 5.74) is 13.1. The van der Waals surface area contributed by atoms with E-state index in [4.69, 9.17) is 15.6 Å². The fourth-order valence-corrected chi connectivity index (χ4v) is 7.34. The molecule has 2 aliphatic heterocycles. The number of rotatable bonds is 7. The van der Waals surface area contributed by atoms with Crippen molar-refractivity contribution in [2.24, 2.45) is 11.7 Å². The molecule has 238 valence electrons. The van der Waals surface area contributed by atoms with Gasteiger partial charge in [-0.2, -0.15) is 5.10 Å². The van der Waals surface area contributed by atoms with Crippen LogP contribution in [-0.4, -0.2) is 88.2 Å². The van der Waals surface area contributed by atoms with Gasteiger partial charge in [-0.1, -0.05) is 6.07 Å². The zero-order chi connectivity index (χ0) is 31.4. The van der Waals surface area contributed by atoms with Crippen molar-refractivity contribution in [3.8, 4) is 17.1 Å². The number of benzene rings is 1. The summed E-state index contributed by atoms with van der Waals surface area (Å²) < 4.78 is 10.1. The van der Waals surface area contributed by atoms with Crippen LogP contribution in [0.4, 0.5) is 5.69 Å². The number of hydrogen-bond acceptors (Lipinski definition) is 6. The summed E-state index contributed by atoms with van der Waals surface area (Å²) in [5.74, 6) is 1.42. The van der Waals surface area contributed by atoms with Crippen LogP contribution in [0.3, 0.4) is 0 Å². The van der Waals surface area contributed by atoms with E-state index in [2.05, 4.69) is 40.7 Å². The zero-order valence-electron chi connectivity index (χ0n) is 27.0. The van der Waals surface area contributed by atoms with Gasteiger partial charge in [0.1, 0.15) is 17.0 Å². The second-order valence-electron chi connectivity index (χ2n) is 13.4. The largest absolute Gasteiger partial charge is 0.494 e. The van der Waals surface area contributed by atoms with Crippen LogP contribution in [0.1, 0.15) is 61.4 Å². The van der Waals surface area contributed by atoms with Crippen LogP contribution >= 0.6 is 0 Å². The van der Waals surface area contributed by atoms with E-state index in [1.807, 2.05) is 33.6 Å². The number of amides is 2. The summed E-state index contributed by atoms with van der Waals surface area (Å²) in [5, 5.41) is 6.30. The molecule has 3 aliphatic rings. The van der Waals surface area contributed by atoms with Crippen molar-refractivity contribution >= 4 is 33.9 Å². The summed E-state index contributed by atoms with van der Waals surface area (Å²) in [6.45, 7) is 7.85. The highest BCUT2D eigenvalue weighted by Gasteiger charge is 2.29. The second-order valence-corrected chi connectivity index (χ2v) is 13.4. The predicted molar refractivity (Wildman–Crippen MR) is 177 cm³/mol. The molecule has 1 aliphatic carbocycles. The molecule has 4 aromatic rings. The van der Waals surface area contributed by atoms with E-state index in [0.29, 0.717) is 36.4 Å². The molecule has 2 amide bonds. The van der Waals surface area contributed by atoms with E-state index in [1.54, 1.807) is 14.0 Å². The van der Waals surface area contributed by atoms with E-state index in [1.165, 1.54) is 29.4 Å². The molecule has 7 rings (SSSR count). The summed E-state index contributed by atoms with van der Waals surface area (Å²) in [6.07, 6.45) is 8.15. The third-order valence-corrected chi connectivity index (χ3v) is 10.3. The quantitative estimate of drug-likeness (QED) is 0.325. The molecule has 1 aromatic carbocycles. The first-order valence-corrected chi connectivity index (χ1v) is 16.5. The number of piperidine rings is 2. The molecule has 3 fully saturated rings. The fourth-order valence-electron chi connectivity index (χ4n) is 7.34. The molecule has 1 saturated carbocycles. The lowest BCUT2D eigenvalue weighted by molar-refractivity contribution is -0.129. The predicted octanol–water partition coefficient (Wildman–Crippen LogP) is 4.69. The standard InChI is InChI=1S/C35H45N7O3/c1-22-33(37-42-20-26(17-32(45-4)34(22)42)35(44)40-13-5-6-27(36)21-40)31-16-25-9-10-29(18-30(25)41(31)19-24-7-8-24)39-14-11-28(12-15-39)38(3)23(2)43/h9-10,16-18,20,24,27-28H,5-8,11-15,19,21,36H2,1-4H3/t27-/m1/s1. The maximum Gasteiger partial charge on any atom is 0.255 e. The Morgan fingerprint density at radius 2 is 1.84 bits per heavy atom. The molecule has 5 heterocycles. The van der Waals surface area contributed by atoms with E-state index < -0.39 is 0 Å². The highest BCUT2D eigenvalue weighted by atomic mass is 16.5. The average molecular weight is 612 g/mol. The van der Waals surface area contributed by atoms with Crippen molar-refractivity contribution in [3.63, 3.8) is 0 Å². The molecule has 45 heavy (non-hydrogen) atoms. The number of aryl methyl sites for hydroxylation is 1. The maximum atomic E-state index is 13.5. The monoisotopic (exact) mass is 611 g/mol. The van der Waals surface area contributed by atoms with Gasteiger partial charge in [-0.3, -0.25) is 9.59 Å². The lowest BCUT2D eigenvalue weighted by atomic mass is 10.0. The van der Waals surface area contributed by atoms with Crippen LogP contribution < -0.4 is 15.4 Å². The number of pyridine rings is 1. The number of carbonyl (C=O) groups is 2. The number of aromatic nitrogens is 3. The number of nitrogens with two attached hydrogens (primary N) is 1. The minimum Gasteiger partial charge on any atom is -0.494 e. The lowest BCUT2D eigenvalue weighted by Crippen LogP contribution is -2.45. The molecule has 2 saturated heterocycles. The number of ether oxygens (including phenoxy) is 1. The maximum absolute atomic E-state index is 13.5.